The van der Waals surface area contributed by atoms with Gasteiger partial charge in [-0.1, -0.05) is 36.4 Å². The first kappa shape index (κ1) is 16.1. The lowest BCUT2D eigenvalue weighted by Crippen LogP contribution is -3.10. The summed E-state index contributed by atoms with van der Waals surface area (Å²) in [6, 6.07) is 14.8. The van der Waals surface area contributed by atoms with Crippen LogP contribution in [0.5, 0.6) is 0 Å². The predicted octanol–water partition coefficient (Wildman–Crippen LogP) is 2.80. The van der Waals surface area contributed by atoms with Crippen LogP contribution in [0, 0.1) is 0 Å². The van der Waals surface area contributed by atoms with Crippen LogP contribution < -0.4 is 15.5 Å². The van der Waals surface area contributed by atoms with Crippen molar-refractivity contribution in [2.24, 2.45) is 0 Å². The van der Waals surface area contributed by atoms with Gasteiger partial charge in [-0.3, -0.25) is 4.79 Å². The molecule has 3 aromatic rings. The average molecular weight is 383 g/mol. The number of carbonyl (C=O) groups excluding carboxylic acids is 1. The van der Waals surface area contributed by atoms with Crippen molar-refractivity contribution in [1.82, 2.24) is 5.32 Å². The normalized spacial score (nSPS) is 21.5. The number of anilines is 1. The van der Waals surface area contributed by atoms with Gasteiger partial charge < -0.3 is 15.5 Å². The van der Waals surface area contributed by atoms with Crippen molar-refractivity contribution in [3.63, 3.8) is 0 Å². The summed E-state index contributed by atoms with van der Waals surface area (Å²) in [5.74, 6) is 0.0705. The standard InChI is InChI=1S/C20H19N3OS2/c24-19-17-14-8-9-23(11-13-5-2-1-3-6-13)12-16(14)26-20(17)22-18(21-19)15-7-4-10-25-15/h1-7,10,18,22H,8-9,11-12H2,(H,21,24)/p+1/t18-/m1/s1. The van der Waals surface area contributed by atoms with Crippen molar-refractivity contribution in [3.05, 3.63) is 74.3 Å². The second-order valence-electron chi connectivity index (χ2n) is 6.86. The second-order valence-corrected chi connectivity index (χ2v) is 8.95. The highest BCUT2D eigenvalue weighted by atomic mass is 32.1. The number of hydrogen-bond acceptors (Lipinski definition) is 4. The first-order valence-corrected chi connectivity index (χ1v) is 10.6. The first-order valence-electron chi connectivity index (χ1n) is 8.91. The quantitative estimate of drug-likeness (QED) is 0.652. The van der Waals surface area contributed by atoms with E-state index in [0.29, 0.717) is 0 Å². The van der Waals surface area contributed by atoms with Crippen LogP contribution in [0.4, 0.5) is 5.00 Å². The van der Waals surface area contributed by atoms with Crippen LogP contribution in [-0.4, -0.2) is 12.5 Å². The Bertz CT molecular complexity index is 934. The van der Waals surface area contributed by atoms with Crippen LogP contribution >= 0.6 is 22.7 Å². The second kappa shape index (κ2) is 6.54. The number of thiophene rings is 2. The third-order valence-corrected chi connectivity index (χ3v) is 7.23. The summed E-state index contributed by atoms with van der Waals surface area (Å²) in [6.07, 6.45) is 0.866. The summed E-state index contributed by atoms with van der Waals surface area (Å²) in [7, 11) is 0. The lowest BCUT2D eigenvalue weighted by molar-refractivity contribution is -0.929. The molecule has 0 aliphatic carbocycles. The molecule has 6 heteroatoms. The molecule has 4 heterocycles. The molecule has 0 fully saturated rings. The van der Waals surface area contributed by atoms with Crippen molar-refractivity contribution in [2.45, 2.75) is 25.7 Å². The molecular weight excluding hydrogens is 362 g/mol. The Morgan fingerprint density at radius 1 is 1.12 bits per heavy atom. The van der Waals surface area contributed by atoms with E-state index in [9.17, 15) is 4.79 Å². The molecule has 2 aromatic heterocycles. The number of amides is 1. The number of hydrogen-bond donors (Lipinski definition) is 3. The number of rotatable bonds is 3. The summed E-state index contributed by atoms with van der Waals surface area (Å²) in [5.41, 5.74) is 3.52. The van der Waals surface area contributed by atoms with Crippen molar-refractivity contribution in [2.75, 3.05) is 11.9 Å². The highest BCUT2D eigenvalue weighted by Crippen LogP contribution is 2.39. The average Bonchev–Trinajstić information content (AvgIpc) is 3.30. The summed E-state index contributed by atoms with van der Waals surface area (Å²) in [4.78, 5) is 16.8. The number of carbonyl (C=O) groups is 1. The van der Waals surface area contributed by atoms with E-state index in [1.54, 1.807) is 27.6 Å². The topological polar surface area (TPSA) is 45.6 Å². The van der Waals surface area contributed by atoms with Gasteiger partial charge >= 0.3 is 0 Å². The molecule has 26 heavy (non-hydrogen) atoms. The highest BCUT2D eigenvalue weighted by Gasteiger charge is 2.34. The molecule has 5 rings (SSSR count). The van der Waals surface area contributed by atoms with E-state index in [0.717, 1.165) is 41.5 Å². The molecule has 4 nitrogen and oxygen atoms in total. The Kier molecular flexibility index (Phi) is 4.04. The fourth-order valence-corrected chi connectivity index (χ4v) is 5.95. The predicted molar refractivity (Wildman–Crippen MR) is 106 cm³/mol. The number of nitrogens with one attached hydrogen (secondary N) is 3. The van der Waals surface area contributed by atoms with E-state index >= 15 is 0 Å². The molecule has 132 valence electrons. The monoisotopic (exact) mass is 382 g/mol. The van der Waals surface area contributed by atoms with Crippen LogP contribution in [0.25, 0.3) is 0 Å². The van der Waals surface area contributed by atoms with Crippen LogP contribution in [0.2, 0.25) is 0 Å². The van der Waals surface area contributed by atoms with Crippen molar-refractivity contribution >= 4 is 33.6 Å². The van der Waals surface area contributed by atoms with Gasteiger partial charge in [0.05, 0.1) is 17.0 Å². The Morgan fingerprint density at radius 2 is 2.00 bits per heavy atom. The molecule has 1 unspecified atom stereocenters. The summed E-state index contributed by atoms with van der Waals surface area (Å²) < 4.78 is 0. The Morgan fingerprint density at radius 3 is 2.81 bits per heavy atom. The van der Waals surface area contributed by atoms with E-state index in [-0.39, 0.29) is 12.1 Å². The van der Waals surface area contributed by atoms with Crippen LogP contribution in [0.3, 0.4) is 0 Å². The van der Waals surface area contributed by atoms with Gasteiger partial charge in [-0.15, -0.1) is 22.7 Å². The minimum absolute atomic E-state index is 0.0705. The molecule has 3 N–H and O–H groups in total. The van der Waals surface area contributed by atoms with E-state index in [1.165, 1.54) is 16.0 Å². The lowest BCUT2D eigenvalue weighted by Gasteiger charge is -2.26. The minimum Gasteiger partial charge on any atom is -0.352 e. The molecule has 0 bridgehead atoms. The van der Waals surface area contributed by atoms with E-state index in [2.05, 4.69) is 47.0 Å². The fourth-order valence-electron chi connectivity index (χ4n) is 3.88. The number of benzene rings is 1. The largest absolute Gasteiger partial charge is 0.352 e. The Labute approximate surface area is 160 Å². The molecule has 0 saturated heterocycles. The van der Waals surface area contributed by atoms with Crippen LogP contribution in [0.1, 0.15) is 37.4 Å². The smallest absolute Gasteiger partial charge is 0.256 e. The van der Waals surface area contributed by atoms with Crippen LogP contribution in [-0.2, 0) is 19.5 Å². The molecule has 0 radical (unpaired) electrons. The van der Waals surface area contributed by atoms with E-state index in [1.807, 2.05) is 11.4 Å². The molecule has 0 spiro atoms. The van der Waals surface area contributed by atoms with Crippen LogP contribution in [0.15, 0.2) is 47.8 Å². The molecule has 0 saturated carbocycles. The summed E-state index contributed by atoms with van der Waals surface area (Å²) in [5, 5.41) is 9.75. The SMILES string of the molecule is O=C1N[C@@H](c2cccs2)Nc2sc3c(c21)CC[NH+](Cc1ccccc1)C3. The third-order valence-electron chi connectivity index (χ3n) is 5.13. The molecule has 1 aromatic carbocycles. The summed E-state index contributed by atoms with van der Waals surface area (Å²) >= 11 is 3.43. The van der Waals surface area contributed by atoms with Gasteiger partial charge in [-0.05, 0) is 17.0 Å². The molecular formula is C20H20N3OS2+. The highest BCUT2D eigenvalue weighted by molar-refractivity contribution is 7.16. The van der Waals surface area contributed by atoms with Crippen molar-refractivity contribution in [3.8, 4) is 0 Å². The molecule has 2 atom stereocenters. The van der Waals surface area contributed by atoms with Gasteiger partial charge in [0.2, 0.25) is 0 Å². The van der Waals surface area contributed by atoms with Gasteiger partial charge in [0.1, 0.15) is 24.3 Å². The van der Waals surface area contributed by atoms with Gasteiger partial charge in [0.15, 0.2) is 0 Å². The number of quaternary nitrogens is 1. The summed E-state index contributed by atoms with van der Waals surface area (Å²) in [6.45, 7) is 3.12. The molecule has 2 aliphatic rings. The minimum atomic E-state index is -0.108. The Hall–Kier alpha value is -2.15. The zero-order valence-corrected chi connectivity index (χ0v) is 15.9. The molecule has 1 amide bonds. The van der Waals surface area contributed by atoms with Gasteiger partial charge in [0, 0.05) is 16.9 Å². The maximum Gasteiger partial charge on any atom is 0.256 e. The first-order chi connectivity index (χ1) is 12.8. The number of fused-ring (bicyclic) bond motifs is 3. The fraction of sp³-hybridized carbons (Fsp3) is 0.250. The molecule has 2 aliphatic heterocycles. The third kappa shape index (κ3) is 2.84. The zero-order valence-electron chi connectivity index (χ0n) is 14.2. The zero-order chi connectivity index (χ0) is 17.5. The van der Waals surface area contributed by atoms with E-state index in [4.69, 9.17) is 0 Å². The van der Waals surface area contributed by atoms with E-state index < -0.39 is 0 Å². The maximum atomic E-state index is 12.8. The lowest BCUT2D eigenvalue weighted by atomic mass is 10.0. The van der Waals surface area contributed by atoms with Crippen molar-refractivity contribution < 1.29 is 9.69 Å². The van der Waals surface area contributed by atoms with Gasteiger partial charge in [-0.25, -0.2) is 0 Å². The van der Waals surface area contributed by atoms with Gasteiger partial charge in [-0.2, -0.15) is 0 Å². The Balaban J connectivity index is 1.39. The van der Waals surface area contributed by atoms with Gasteiger partial charge in [0.25, 0.3) is 5.91 Å². The van der Waals surface area contributed by atoms with Crippen molar-refractivity contribution in [1.29, 1.82) is 0 Å². The maximum absolute atomic E-state index is 12.8.